The molecule has 2 aliphatic heterocycles. The number of hydrogen-bond donors (Lipinski definition) is 1. The Morgan fingerprint density at radius 2 is 2.21 bits per heavy atom. The van der Waals surface area contributed by atoms with Crippen LogP contribution < -0.4 is 5.32 Å². The molecule has 1 N–H and O–H groups in total. The van der Waals surface area contributed by atoms with E-state index in [-0.39, 0.29) is 23.3 Å². The van der Waals surface area contributed by atoms with E-state index >= 15 is 0 Å². The van der Waals surface area contributed by atoms with Crippen molar-refractivity contribution in [1.82, 2.24) is 20.0 Å². The van der Waals surface area contributed by atoms with Crippen molar-refractivity contribution in [3.05, 3.63) is 17.5 Å². The summed E-state index contributed by atoms with van der Waals surface area (Å²) >= 11 is 0. The highest BCUT2D eigenvalue weighted by molar-refractivity contribution is 5.79. The first-order valence-corrected chi connectivity index (χ1v) is 10.5. The zero-order chi connectivity index (χ0) is 20.1. The van der Waals surface area contributed by atoms with E-state index in [1.807, 2.05) is 22.8 Å². The summed E-state index contributed by atoms with van der Waals surface area (Å²) < 4.78 is 13.1. The van der Waals surface area contributed by atoms with Gasteiger partial charge in [0, 0.05) is 74.8 Å². The minimum atomic E-state index is 0.0580. The molecule has 1 saturated carbocycles. The number of fused-ring (bicyclic) bond motifs is 1. The van der Waals surface area contributed by atoms with Gasteiger partial charge in [0.05, 0.1) is 24.9 Å². The Hall–Kier alpha value is -1.44. The Morgan fingerprint density at radius 3 is 2.89 bits per heavy atom. The number of aryl methyl sites for hydroxylation is 1. The molecule has 3 aliphatic rings. The fourth-order valence-corrected chi connectivity index (χ4v) is 5.74. The number of methoxy groups -OCH3 is 1. The number of nitrogens with zero attached hydrogens (tertiary/aromatic N) is 3. The Morgan fingerprint density at radius 1 is 1.43 bits per heavy atom. The summed E-state index contributed by atoms with van der Waals surface area (Å²) in [6.07, 6.45) is 4.03. The molecule has 0 aromatic carbocycles. The molecule has 156 valence electrons. The fraction of sp³-hybridized carbons (Fsp3) is 0.810. The van der Waals surface area contributed by atoms with E-state index in [1.165, 1.54) is 0 Å². The topological polar surface area (TPSA) is 68.6 Å². The Kier molecular flexibility index (Phi) is 5.27. The molecule has 5 atom stereocenters. The van der Waals surface area contributed by atoms with E-state index < -0.39 is 0 Å². The Labute approximate surface area is 167 Å². The van der Waals surface area contributed by atoms with E-state index in [1.54, 1.807) is 7.11 Å². The van der Waals surface area contributed by atoms with Crippen LogP contribution in [0, 0.1) is 24.2 Å². The first-order valence-electron chi connectivity index (χ1n) is 10.5. The highest BCUT2D eigenvalue weighted by Crippen LogP contribution is 2.52. The lowest BCUT2D eigenvalue weighted by Crippen LogP contribution is -2.66. The molecule has 3 heterocycles. The third-order valence-electron chi connectivity index (χ3n) is 7.37. The first-order chi connectivity index (χ1) is 13.4. The lowest BCUT2D eigenvalue weighted by molar-refractivity contribution is -0.129. The molecule has 1 amide bonds. The maximum Gasteiger partial charge on any atom is 0.223 e. The van der Waals surface area contributed by atoms with Crippen molar-refractivity contribution in [3.8, 4) is 0 Å². The molecule has 0 radical (unpaired) electrons. The van der Waals surface area contributed by atoms with Crippen molar-refractivity contribution in [2.45, 2.75) is 51.8 Å². The lowest BCUT2D eigenvalue weighted by Gasteiger charge is -2.55. The molecule has 7 heteroatoms. The SMILES string of the molecule is COCCN1C(=O)C[C@@H](CN[C@@H]2[C@@H]3CCO[C@@H]3C2(C)C)[C@@H]1c1cnn(C)c1C. The molecule has 1 aromatic rings. The Balaban J connectivity index is 1.51. The molecule has 1 aliphatic carbocycles. The number of carbonyl (C=O) groups excluding carboxylic acids is 1. The molecule has 28 heavy (non-hydrogen) atoms. The lowest BCUT2D eigenvalue weighted by atomic mass is 9.57. The average Bonchev–Trinajstić information content (AvgIpc) is 3.32. The van der Waals surface area contributed by atoms with E-state index in [2.05, 4.69) is 31.2 Å². The van der Waals surface area contributed by atoms with Crippen LogP contribution in [0.1, 0.15) is 44.0 Å². The van der Waals surface area contributed by atoms with E-state index in [0.717, 1.165) is 30.8 Å². The van der Waals surface area contributed by atoms with Gasteiger partial charge in [-0.15, -0.1) is 0 Å². The number of aromatic nitrogens is 2. The van der Waals surface area contributed by atoms with Gasteiger partial charge in [-0.2, -0.15) is 5.10 Å². The van der Waals surface area contributed by atoms with E-state index in [0.29, 0.717) is 37.6 Å². The highest BCUT2D eigenvalue weighted by atomic mass is 16.5. The molecular weight excluding hydrogens is 356 g/mol. The van der Waals surface area contributed by atoms with Crippen molar-refractivity contribution in [2.75, 3.05) is 33.4 Å². The van der Waals surface area contributed by atoms with Crippen LogP contribution in [-0.4, -0.2) is 66.1 Å². The van der Waals surface area contributed by atoms with Gasteiger partial charge in [0.25, 0.3) is 0 Å². The van der Waals surface area contributed by atoms with Crippen LogP contribution in [0.15, 0.2) is 6.20 Å². The van der Waals surface area contributed by atoms with Gasteiger partial charge in [-0.1, -0.05) is 13.8 Å². The summed E-state index contributed by atoms with van der Waals surface area (Å²) in [6, 6.07) is 0.515. The summed E-state index contributed by atoms with van der Waals surface area (Å²) in [4.78, 5) is 14.8. The van der Waals surface area contributed by atoms with E-state index in [4.69, 9.17) is 9.47 Å². The number of carbonyl (C=O) groups is 1. The van der Waals surface area contributed by atoms with Crippen LogP contribution in [0.5, 0.6) is 0 Å². The molecule has 2 saturated heterocycles. The monoisotopic (exact) mass is 390 g/mol. The van der Waals surface area contributed by atoms with Crippen LogP contribution in [-0.2, 0) is 21.3 Å². The maximum absolute atomic E-state index is 12.8. The second-order valence-corrected chi connectivity index (χ2v) is 9.25. The van der Waals surface area contributed by atoms with Crippen LogP contribution >= 0.6 is 0 Å². The van der Waals surface area contributed by atoms with Gasteiger partial charge >= 0.3 is 0 Å². The third kappa shape index (κ3) is 3.08. The molecule has 3 fully saturated rings. The molecule has 1 aromatic heterocycles. The minimum Gasteiger partial charge on any atom is -0.383 e. The van der Waals surface area contributed by atoms with Gasteiger partial charge in [0.1, 0.15) is 0 Å². The number of likely N-dealkylation sites (tertiary alicyclic amines) is 1. The van der Waals surface area contributed by atoms with Crippen LogP contribution in [0.2, 0.25) is 0 Å². The zero-order valence-electron chi connectivity index (χ0n) is 17.8. The van der Waals surface area contributed by atoms with Gasteiger partial charge in [-0.05, 0) is 13.3 Å². The van der Waals surface area contributed by atoms with Crippen molar-refractivity contribution in [1.29, 1.82) is 0 Å². The van der Waals surface area contributed by atoms with Crippen LogP contribution in [0.4, 0.5) is 0 Å². The molecule has 0 bridgehead atoms. The van der Waals surface area contributed by atoms with Gasteiger partial charge in [0.2, 0.25) is 5.91 Å². The van der Waals surface area contributed by atoms with Gasteiger partial charge in [-0.3, -0.25) is 9.48 Å². The number of hydrogen-bond acceptors (Lipinski definition) is 5. The van der Waals surface area contributed by atoms with Gasteiger partial charge < -0.3 is 19.7 Å². The smallest absolute Gasteiger partial charge is 0.223 e. The predicted octanol–water partition coefficient (Wildman–Crippen LogP) is 1.67. The fourth-order valence-electron chi connectivity index (χ4n) is 5.74. The molecule has 0 spiro atoms. The minimum absolute atomic E-state index is 0.0580. The summed E-state index contributed by atoms with van der Waals surface area (Å²) in [5, 5.41) is 8.26. The van der Waals surface area contributed by atoms with Gasteiger partial charge in [-0.25, -0.2) is 0 Å². The largest absolute Gasteiger partial charge is 0.383 e. The summed E-state index contributed by atoms with van der Waals surface area (Å²) in [5.74, 6) is 1.06. The number of amides is 1. The molecule has 4 rings (SSSR count). The molecule has 7 nitrogen and oxygen atoms in total. The Bertz CT molecular complexity index is 731. The zero-order valence-corrected chi connectivity index (χ0v) is 17.8. The third-order valence-corrected chi connectivity index (χ3v) is 7.37. The first kappa shape index (κ1) is 19.9. The highest BCUT2D eigenvalue weighted by Gasteiger charge is 2.59. The molecule has 0 unspecified atom stereocenters. The van der Waals surface area contributed by atoms with Crippen molar-refractivity contribution < 1.29 is 14.3 Å². The van der Waals surface area contributed by atoms with Crippen LogP contribution in [0.25, 0.3) is 0 Å². The number of ether oxygens (including phenoxy) is 2. The predicted molar refractivity (Wildman–Crippen MR) is 106 cm³/mol. The van der Waals surface area contributed by atoms with Crippen molar-refractivity contribution >= 4 is 5.91 Å². The second-order valence-electron chi connectivity index (χ2n) is 9.25. The summed E-state index contributed by atoms with van der Waals surface area (Å²) in [6.45, 7) is 9.57. The van der Waals surface area contributed by atoms with Gasteiger partial charge in [0.15, 0.2) is 0 Å². The van der Waals surface area contributed by atoms with Crippen molar-refractivity contribution in [2.24, 2.45) is 24.3 Å². The maximum atomic E-state index is 12.8. The molecular formula is C21H34N4O3. The van der Waals surface area contributed by atoms with Crippen molar-refractivity contribution in [3.63, 3.8) is 0 Å². The summed E-state index contributed by atoms with van der Waals surface area (Å²) in [5.41, 5.74) is 2.44. The standard InChI is InChI=1S/C21H34N4O3/c1-13-16(12-23-24(13)4)18-14(10-17(26)25(18)7-9-27-5)11-22-19-15-6-8-28-20(15)21(19,2)3/h12,14-15,18-20,22H,6-11H2,1-5H3/t14-,15-,18+,19+,20-/m0/s1. The summed E-state index contributed by atoms with van der Waals surface area (Å²) in [7, 11) is 3.64. The van der Waals surface area contributed by atoms with Crippen LogP contribution in [0.3, 0.4) is 0 Å². The van der Waals surface area contributed by atoms with E-state index in [9.17, 15) is 4.79 Å². The average molecular weight is 391 g/mol. The second kappa shape index (κ2) is 7.43. The quantitative estimate of drug-likeness (QED) is 0.767. The number of nitrogens with one attached hydrogen (secondary N) is 1. The number of rotatable bonds is 7. The normalized spacial score (nSPS) is 34.0.